The first-order chi connectivity index (χ1) is 24.8. The van der Waals surface area contributed by atoms with E-state index in [0.29, 0.717) is 5.95 Å². The lowest BCUT2D eigenvalue weighted by Crippen LogP contribution is -2.04. The van der Waals surface area contributed by atoms with Gasteiger partial charge in [0, 0.05) is 55.0 Å². The Morgan fingerprint density at radius 2 is 1.14 bits per heavy atom. The van der Waals surface area contributed by atoms with Crippen LogP contribution in [0.1, 0.15) is 0 Å². The van der Waals surface area contributed by atoms with E-state index >= 15 is 0 Å². The molecule has 0 saturated heterocycles. The SMILES string of the molecule is c1ccc(-c2nc(-n3c4ccc(-c5nc6ccccc6c6cc7c(cc56)oc5ccccc57)cc4c4cccnc43)nc3ccccc23)cc1. The zero-order valence-electron chi connectivity index (χ0n) is 26.6. The van der Waals surface area contributed by atoms with Crippen LogP contribution in [0.2, 0.25) is 0 Å². The highest BCUT2D eigenvalue weighted by Gasteiger charge is 2.20. The second-order valence-corrected chi connectivity index (χ2v) is 12.7. The molecule has 11 rings (SSSR count). The molecule has 0 atom stereocenters. The number of para-hydroxylation sites is 3. The van der Waals surface area contributed by atoms with Crippen molar-refractivity contribution < 1.29 is 4.42 Å². The minimum absolute atomic E-state index is 0.579. The summed E-state index contributed by atoms with van der Waals surface area (Å²) >= 11 is 0. The number of aromatic nitrogens is 5. The Morgan fingerprint density at radius 3 is 2.02 bits per heavy atom. The molecule has 0 unspecified atom stereocenters. The summed E-state index contributed by atoms with van der Waals surface area (Å²) in [4.78, 5) is 20.5. The van der Waals surface area contributed by atoms with Crippen LogP contribution < -0.4 is 0 Å². The monoisotopic (exact) mass is 639 g/mol. The van der Waals surface area contributed by atoms with Crippen LogP contribution in [-0.4, -0.2) is 24.5 Å². The van der Waals surface area contributed by atoms with Gasteiger partial charge in [0.2, 0.25) is 5.95 Å². The van der Waals surface area contributed by atoms with Gasteiger partial charge in [-0.2, -0.15) is 0 Å². The van der Waals surface area contributed by atoms with E-state index in [1.807, 2.05) is 66.9 Å². The van der Waals surface area contributed by atoms with Crippen LogP contribution >= 0.6 is 0 Å². The lowest BCUT2D eigenvalue weighted by atomic mass is 9.97. The van der Waals surface area contributed by atoms with Gasteiger partial charge in [0.05, 0.1) is 27.9 Å². The quantitative estimate of drug-likeness (QED) is 0.180. The predicted octanol–water partition coefficient (Wildman–Crippen LogP) is 11.1. The first-order valence-corrected chi connectivity index (χ1v) is 16.6. The summed E-state index contributed by atoms with van der Waals surface area (Å²) in [5.41, 5.74) is 9.17. The van der Waals surface area contributed by atoms with E-state index in [2.05, 4.69) is 89.5 Å². The molecule has 5 aromatic heterocycles. The van der Waals surface area contributed by atoms with E-state index in [1.54, 1.807) is 0 Å². The summed E-state index contributed by atoms with van der Waals surface area (Å²) in [6, 6.07) is 50.1. The van der Waals surface area contributed by atoms with Gasteiger partial charge < -0.3 is 4.42 Å². The molecule has 0 aliphatic heterocycles. The standard InChI is InChI=1S/C44H25N5O/c1-2-11-26(12-3-1)41-31-15-5-8-18-37(31)47-44(48-41)49-38-21-20-27(23-33(38)30-16-10-22-45-43(30)49)42-35-25-40-34(29-14-6-9-19-39(29)50-40)24-32(35)28-13-4-7-17-36(28)46-42/h1-25H. The highest BCUT2D eigenvalue weighted by molar-refractivity contribution is 6.19. The van der Waals surface area contributed by atoms with Gasteiger partial charge in [0.15, 0.2) is 0 Å². The maximum Gasteiger partial charge on any atom is 0.237 e. The summed E-state index contributed by atoms with van der Waals surface area (Å²) in [6.45, 7) is 0. The number of hydrogen-bond acceptors (Lipinski definition) is 5. The summed E-state index contributed by atoms with van der Waals surface area (Å²) in [7, 11) is 0. The first kappa shape index (κ1) is 27.1. The maximum absolute atomic E-state index is 6.36. The minimum atomic E-state index is 0.579. The molecule has 6 nitrogen and oxygen atoms in total. The Morgan fingerprint density at radius 1 is 0.420 bits per heavy atom. The number of nitrogens with zero attached hydrogens (tertiary/aromatic N) is 5. The van der Waals surface area contributed by atoms with E-state index in [-0.39, 0.29) is 0 Å². The molecule has 232 valence electrons. The molecule has 6 heteroatoms. The van der Waals surface area contributed by atoms with Crippen molar-refractivity contribution in [3.8, 4) is 28.5 Å². The molecule has 0 radical (unpaired) electrons. The summed E-state index contributed by atoms with van der Waals surface area (Å²) < 4.78 is 8.44. The smallest absolute Gasteiger partial charge is 0.237 e. The predicted molar refractivity (Wildman–Crippen MR) is 203 cm³/mol. The molecule has 11 aromatic rings. The fourth-order valence-corrected chi connectivity index (χ4v) is 7.57. The third-order valence-corrected chi connectivity index (χ3v) is 9.84. The van der Waals surface area contributed by atoms with Gasteiger partial charge in [-0.25, -0.2) is 19.9 Å². The molecule has 0 aliphatic carbocycles. The Balaban J connectivity index is 1.19. The molecular weight excluding hydrogens is 615 g/mol. The van der Waals surface area contributed by atoms with E-state index in [1.165, 1.54) is 0 Å². The fourth-order valence-electron chi connectivity index (χ4n) is 7.57. The second kappa shape index (κ2) is 10.3. The molecule has 0 aliphatic rings. The van der Waals surface area contributed by atoms with Crippen LogP contribution in [0, 0.1) is 0 Å². The minimum Gasteiger partial charge on any atom is -0.456 e. The van der Waals surface area contributed by atoms with E-state index in [9.17, 15) is 0 Å². The fraction of sp³-hybridized carbons (Fsp3) is 0. The summed E-state index contributed by atoms with van der Waals surface area (Å²) in [6.07, 6.45) is 1.83. The molecule has 5 heterocycles. The largest absolute Gasteiger partial charge is 0.456 e. The number of hydrogen-bond donors (Lipinski definition) is 0. The van der Waals surface area contributed by atoms with Crippen LogP contribution in [0.5, 0.6) is 0 Å². The molecule has 0 saturated carbocycles. The molecule has 0 spiro atoms. The summed E-state index contributed by atoms with van der Waals surface area (Å²) in [5, 5.41) is 8.59. The van der Waals surface area contributed by atoms with E-state index in [4.69, 9.17) is 24.4 Å². The van der Waals surface area contributed by atoms with Crippen molar-refractivity contribution in [1.29, 1.82) is 0 Å². The van der Waals surface area contributed by atoms with E-state index < -0.39 is 0 Å². The third kappa shape index (κ3) is 3.90. The van der Waals surface area contributed by atoms with Crippen LogP contribution in [0.4, 0.5) is 0 Å². The van der Waals surface area contributed by atoms with Crippen LogP contribution in [0.15, 0.2) is 156 Å². The first-order valence-electron chi connectivity index (χ1n) is 16.6. The van der Waals surface area contributed by atoms with Gasteiger partial charge in [-0.05, 0) is 60.0 Å². The topological polar surface area (TPSA) is 69.6 Å². The number of pyridine rings is 2. The van der Waals surface area contributed by atoms with Crippen molar-refractivity contribution in [2.75, 3.05) is 0 Å². The Labute approximate surface area is 284 Å². The zero-order chi connectivity index (χ0) is 32.8. The molecule has 0 amide bonds. The highest BCUT2D eigenvalue weighted by Crippen LogP contribution is 2.40. The maximum atomic E-state index is 6.36. The van der Waals surface area contributed by atoms with Gasteiger partial charge in [-0.15, -0.1) is 0 Å². The average molecular weight is 640 g/mol. The van der Waals surface area contributed by atoms with Crippen molar-refractivity contribution in [2.45, 2.75) is 0 Å². The van der Waals surface area contributed by atoms with Gasteiger partial charge in [0.1, 0.15) is 16.8 Å². The Hall–Kier alpha value is -6.92. The number of benzene rings is 6. The second-order valence-electron chi connectivity index (χ2n) is 12.7. The Kier molecular flexibility index (Phi) is 5.57. The summed E-state index contributed by atoms with van der Waals surface area (Å²) in [5.74, 6) is 0.579. The highest BCUT2D eigenvalue weighted by atomic mass is 16.3. The number of fused-ring (bicyclic) bond motifs is 10. The van der Waals surface area contributed by atoms with Gasteiger partial charge >= 0.3 is 0 Å². The molecule has 6 aromatic carbocycles. The molecule has 0 fully saturated rings. The third-order valence-electron chi connectivity index (χ3n) is 9.84. The molecule has 0 N–H and O–H groups in total. The lowest BCUT2D eigenvalue weighted by Gasteiger charge is -2.12. The van der Waals surface area contributed by atoms with Gasteiger partial charge in [0.25, 0.3) is 0 Å². The van der Waals surface area contributed by atoms with Crippen LogP contribution in [-0.2, 0) is 0 Å². The normalized spacial score (nSPS) is 12.0. The molecule has 50 heavy (non-hydrogen) atoms. The van der Waals surface area contributed by atoms with Crippen molar-refractivity contribution in [3.05, 3.63) is 152 Å². The zero-order valence-corrected chi connectivity index (χ0v) is 26.6. The van der Waals surface area contributed by atoms with Crippen molar-refractivity contribution in [1.82, 2.24) is 24.5 Å². The van der Waals surface area contributed by atoms with Crippen molar-refractivity contribution >= 4 is 76.5 Å². The number of rotatable bonds is 3. The lowest BCUT2D eigenvalue weighted by molar-refractivity contribution is 0.669. The van der Waals surface area contributed by atoms with Crippen LogP contribution in [0.25, 0.3) is 105 Å². The number of furan rings is 1. The molecule has 0 bridgehead atoms. The molecular formula is C44H25N5O. The van der Waals surface area contributed by atoms with Crippen molar-refractivity contribution in [2.24, 2.45) is 0 Å². The average Bonchev–Trinajstić information content (AvgIpc) is 3.71. The van der Waals surface area contributed by atoms with Crippen molar-refractivity contribution in [3.63, 3.8) is 0 Å². The van der Waals surface area contributed by atoms with Gasteiger partial charge in [-0.1, -0.05) is 91.0 Å². The van der Waals surface area contributed by atoms with Gasteiger partial charge in [-0.3, -0.25) is 4.57 Å². The van der Waals surface area contributed by atoms with Crippen LogP contribution in [0.3, 0.4) is 0 Å². The Bertz CT molecular complexity index is 3160. The van der Waals surface area contributed by atoms with E-state index in [0.717, 1.165) is 99.0 Å².